The number of ether oxygens (including phenoxy) is 1. The third-order valence-electron chi connectivity index (χ3n) is 4.13. The van der Waals surface area contributed by atoms with Gasteiger partial charge in [0.05, 0.1) is 18.6 Å². The number of carbonyl (C=O) groups excluding carboxylic acids is 2. The Balaban J connectivity index is 1.69. The van der Waals surface area contributed by atoms with E-state index >= 15 is 0 Å². The summed E-state index contributed by atoms with van der Waals surface area (Å²) in [5.74, 6) is 0.153. The lowest BCUT2D eigenvalue weighted by atomic mass is 9.82. The fourth-order valence-electron chi connectivity index (χ4n) is 2.72. The highest BCUT2D eigenvalue weighted by atomic mass is 16.5. The van der Waals surface area contributed by atoms with Gasteiger partial charge in [-0.1, -0.05) is 0 Å². The minimum absolute atomic E-state index is 0.0551. The van der Waals surface area contributed by atoms with Crippen molar-refractivity contribution in [3.05, 3.63) is 0 Å². The SMILES string of the molecule is CC1(C(=O)NCCC(=O)N2CCOCC2)CCCNC1. The number of amides is 2. The fourth-order valence-corrected chi connectivity index (χ4v) is 2.72. The predicted octanol–water partition coefficient (Wildman–Crippen LogP) is -0.259. The van der Waals surface area contributed by atoms with Crippen LogP contribution in [0.1, 0.15) is 26.2 Å². The fraction of sp³-hybridized carbons (Fsp3) is 0.857. The lowest BCUT2D eigenvalue weighted by Crippen LogP contribution is -2.49. The molecule has 2 heterocycles. The molecule has 0 aromatic rings. The van der Waals surface area contributed by atoms with E-state index in [0.29, 0.717) is 39.3 Å². The Morgan fingerprint density at radius 1 is 1.35 bits per heavy atom. The molecular formula is C14H25N3O3. The van der Waals surface area contributed by atoms with Crippen LogP contribution in [0.2, 0.25) is 0 Å². The molecule has 0 aromatic heterocycles. The van der Waals surface area contributed by atoms with E-state index in [4.69, 9.17) is 4.74 Å². The van der Waals surface area contributed by atoms with E-state index in [1.807, 2.05) is 6.92 Å². The van der Waals surface area contributed by atoms with Gasteiger partial charge in [0.15, 0.2) is 0 Å². The van der Waals surface area contributed by atoms with Crippen LogP contribution < -0.4 is 10.6 Å². The quantitative estimate of drug-likeness (QED) is 0.746. The first kappa shape index (κ1) is 15.3. The van der Waals surface area contributed by atoms with E-state index in [1.54, 1.807) is 4.90 Å². The zero-order chi connectivity index (χ0) is 14.4. The van der Waals surface area contributed by atoms with Gasteiger partial charge in [0.2, 0.25) is 11.8 Å². The zero-order valence-electron chi connectivity index (χ0n) is 12.2. The van der Waals surface area contributed by atoms with Crippen LogP contribution in [0.3, 0.4) is 0 Å². The Hall–Kier alpha value is -1.14. The average molecular weight is 283 g/mol. The van der Waals surface area contributed by atoms with Crippen molar-refractivity contribution in [1.29, 1.82) is 0 Å². The highest BCUT2D eigenvalue weighted by Gasteiger charge is 2.34. The molecule has 6 heteroatoms. The third-order valence-corrected chi connectivity index (χ3v) is 4.13. The van der Waals surface area contributed by atoms with Crippen LogP contribution in [0.5, 0.6) is 0 Å². The number of piperidine rings is 1. The van der Waals surface area contributed by atoms with Gasteiger partial charge in [-0.3, -0.25) is 9.59 Å². The Morgan fingerprint density at radius 2 is 2.10 bits per heavy atom. The molecule has 114 valence electrons. The Bertz CT molecular complexity index is 348. The number of carbonyl (C=O) groups is 2. The highest BCUT2D eigenvalue weighted by molar-refractivity contribution is 5.83. The smallest absolute Gasteiger partial charge is 0.227 e. The van der Waals surface area contributed by atoms with Gasteiger partial charge in [-0.25, -0.2) is 0 Å². The van der Waals surface area contributed by atoms with Gasteiger partial charge in [-0.05, 0) is 26.3 Å². The summed E-state index contributed by atoms with van der Waals surface area (Å²) in [6.07, 6.45) is 2.30. The Morgan fingerprint density at radius 3 is 2.75 bits per heavy atom. The summed E-state index contributed by atoms with van der Waals surface area (Å²) >= 11 is 0. The number of nitrogens with one attached hydrogen (secondary N) is 2. The Kier molecular flexibility index (Phi) is 5.37. The van der Waals surface area contributed by atoms with Crippen LogP contribution in [0.15, 0.2) is 0 Å². The van der Waals surface area contributed by atoms with Gasteiger partial charge >= 0.3 is 0 Å². The summed E-state index contributed by atoms with van der Waals surface area (Å²) < 4.78 is 5.21. The molecule has 2 amide bonds. The van der Waals surface area contributed by atoms with E-state index in [1.165, 1.54) is 0 Å². The topological polar surface area (TPSA) is 70.7 Å². The predicted molar refractivity (Wildman–Crippen MR) is 75.2 cm³/mol. The normalized spacial score (nSPS) is 27.1. The van der Waals surface area contributed by atoms with Crippen molar-refractivity contribution in [1.82, 2.24) is 15.5 Å². The Labute approximate surface area is 120 Å². The first-order valence-electron chi connectivity index (χ1n) is 7.46. The molecule has 2 fully saturated rings. The molecular weight excluding hydrogens is 258 g/mol. The number of nitrogens with zero attached hydrogens (tertiary/aromatic N) is 1. The molecule has 0 saturated carbocycles. The first-order valence-corrected chi connectivity index (χ1v) is 7.46. The molecule has 0 aromatic carbocycles. The molecule has 0 bridgehead atoms. The van der Waals surface area contributed by atoms with Crippen molar-refractivity contribution < 1.29 is 14.3 Å². The second kappa shape index (κ2) is 7.04. The van der Waals surface area contributed by atoms with Crippen LogP contribution in [-0.2, 0) is 14.3 Å². The minimum atomic E-state index is -0.333. The molecule has 2 aliphatic rings. The summed E-state index contributed by atoms with van der Waals surface area (Å²) in [6, 6.07) is 0. The maximum Gasteiger partial charge on any atom is 0.227 e. The molecule has 20 heavy (non-hydrogen) atoms. The number of hydrogen-bond donors (Lipinski definition) is 2. The molecule has 0 radical (unpaired) electrons. The van der Waals surface area contributed by atoms with Crippen molar-refractivity contribution in [2.75, 3.05) is 45.9 Å². The highest BCUT2D eigenvalue weighted by Crippen LogP contribution is 2.25. The van der Waals surface area contributed by atoms with Gasteiger partial charge in [0, 0.05) is 32.6 Å². The third kappa shape index (κ3) is 3.93. The molecule has 0 spiro atoms. The summed E-state index contributed by atoms with van der Waals surface area (Å²) in [5, 5.41) is 6.16. The van der Waals surface area contributed by atoms with Gasteiger partial charge in [0.1, 0.15) is 0 Å². The van der Waals surface area contributed by atoms with Crippen molar-refractivity contribution >= 4 is 11.8 Å². The second-order valence-electron chi connectivity index (χ2n) is 5.84. The van der Waals surface area contributed by atoms with Gasteiger partial charge in [-0.2, -0.15) is 0 Å². The average Bonchev–Trinajstić information content (AvgIpc) is 2.48. The van der Waals surface area contributed by atoms with Gasteiger partial charge < -0.3 is 20.3 Å². The lowest BCUT2D eigenvalue weighted by molar-refractivity contribution is -0.135. The summed E-state index contributed by atoms with van der Waals surface area (Å²) in [6.45, 7) is 6.66. The van der Waals surface area contributed by atoms with Gasteiger partial charge in [0.25, 0.3) is 0 Å². The van der Waals surface area contributed by atoms with Crippen LogP contribution in [-0.4, -0.2) is 62.7 Å². The molecule has 1 atom stereocenters. The number of morpholine rings is 1. The number of hydrogen-bond acceptors (Lipinski definition) is 4. The standard InChI is InChI=1S/C14H25N3O3/c1-14(4-2-5-15-11-14)13(19)16-6-3-12(18)17-7-9-20-10-8-17/h15H,2-11H2,1H3,(H,16,19). The van der Waals surface area contributed by atoms with E-state index in [2.05, 4.69) is 10.6 Å². The van der Waals surface area contributed by atoms with E-state index in [9.17, 15) is 9.59 Å². The maximum absolute atomic E-state index is 12.2. The molecule has 0 aliphatic carbocycles. The molecule has 2 N–H and O–H groups in total. The van der Waals surface area contributed by atoms with Crippen LogP contribution >= 0.6 is 0 Å². The van der Waals surface area contributed by atoms with Gasteiger partial charge in [-0.15, -0.1) is 0 Å². The van der Waals surface area contributed by atoms with Crippen molar-refractivity contribution in [2.45, 2.75) is 26.2 Å². The van der Waals surface area contributed by atoms with Crippen LogP contribution in [0.4, 0.5) is 0 Å². The molecule has 2 aliphatic heterocycles. The van der Waals surface area contributed by atoms with Crippen LogP contribution in [0.25, 0.3) is 0 Å². The largest absolute Gasteiger partial charge is 0.378 e. The van der Waals surface area contributed by atoms with E-state index in [0.717, 1.165) is 25.9 Å². The first-order chi connectivity index (χ1) is 9.62. The molecule has 1 unspecified atom stereocenters. The van der Waals surface area contributed by atoms with Crippen molar-refractivity contribution in [3.63, 3.8) is 0 Å². The van der Waals surface area contributed by atoms with Crippen molar-refractivity contribution in [3.8, 4) is 0 Å². The minimum Gasteiger partial charge on any atom is -0.378 e. The summed E-state index contributed by atoms with van der Waals surface area (Å²) in [4.78, 5) is 25.9. The molecule has 2 saturated heterocycles. The maximum atomic E-state index is 12.2. The van der Waals surface area contributed by atoms with E-state index in [-0.39, 0.29) is 17.2 Å². The lowest BCUT2D eigenvalue weighted by Gasteiger charge is -2.32. The summed E-state index contributed by atoms with van der Waals surface area (Å²) in [7, 11) is 0. The van der Waals surface area contributed by atoms with Crippen LogP contribution in [0, 0.1) is 5.41 Å². The summed E-state index contributed by atoms with van der Waals surface area (Å²) in [5.41, 5.74) is -0.333. The zero-order valence-corrected chi connectivity index (χ0v) is 12.2. The number of rotatable bonds is 4. The second-order valence-corrected chi connectivity index (χ2v) is 5.84. The van der Waals surface area contributed by atoms with E-state index < -0.39 is 0 Å². The molecule has 6 nitrogen and oxygen atoms in total. The molecule has 2 rings (SSSR count). The van der Waals surface area contributed by atoms with Crippen molar-refractivity contribution in [2.24, 2.45) is 5.41 Å². The monoisotopic (exact) mass is 283 g/mol.